The van der Waals surface area contributed by atoms with Gasteiger partial charge in [-0.2, -0.15) is 0 Å². The van der Waals surface area contributed by atoms with E-state index in [1.165, 1.54) is 0 Å². The Hall–Kier alpha value is -2.36. The number of carbonyl (C=O) groups excluding carboxylic acids is 1. The molecule has 1 aromatic heterocycles. The lowest BCUT2D eigenvalue weighted by molar-refractivity contribution is 0.102. The quantitative estimate of drug-likeness (QED) is 0.662. The molecule has 2 rings (SSSR count). The van der Waals surface area contributed by atoms with Crippen LogP contribution in [-0.4, -0.2) is 16.9 Å². The van der Waals surface area contributed by atoms with Gasteiger partial charge in [-0.3, -0.25) is 9.78 Å². The van der Waals surface area contributed by atoms with Crippen molar-refractivity contribution in [2.75, 3.05) is 10.6 Å². The summed E-state index contributed by atoms with van der Waals surface area (Å²) in [6.07, 6.45) is 4.38. The number of hydrogen-bond donors (Lipinski definition) is 2. The number of benzene rings is 1. The van der Waals surface area contributed by atoms with E-state index >= 15 is 0 Å². The van der Waals surface area contributed by atoms with E-state index in [9.17, 15) is 4.79 Å². The average Bonchev–Trinajstić information content (AvgIpc) is 2.61. The number of rotatable bonds is 7. The highest BCUT2D eigenvalue weighted by Gasteiger charge is 2.17. The highest BCUT2D eigenvalue weighted by Crippen LogP contribution is 2.32. The molecule has 0 aliphatic heterocycles. The molecule has 1 atom stereocenters. The summed E-state index contributed by atoms with van der Waals surface area (Å²) in [4.78, 5) is 17.1. The monoisotopic (exact) mass is 353 g/mol. The summed E-state index contributed by atoms with van der Waals surface area (Å²) in [5.41, 5.74) is 4.68. The van der Waals surface area contributed by atoms with Crippen LogP contribution < -0.4 is 10.6 Å². The summed E-state index contributed by atoms with van der Waals surface area (Å²) < 4.78 is 0. The molecule has 1 unspecified atom stereocenters. The lowest BCUT2D eigenvalue weighted by Crippen LogP contribution is -2.18. The number of carbonyl (C=O) groups is 1. The zero-order valence-electron chi connectivity index (χ0n) is 16.8. The molecule has 4 nitrogen and oxygen atoms in total. The van der Waals surface area contributed by atoms with Crippen LogP contribution >= 0.6 is 0 Å². The number of para-hydroxylation sites is 1. The largest absolute Gasteiger partial charge is 0.381 e. The van der Waals surface area contributed by atoms with E-state index in [-0.39, 0.29) is 5.91 Å². The molecule has 0 radical (unpaired) electrons. The minimum Gasteiger partial charge on any atom is -0.381 e. The van der Waals surface area contributed by atoms with E-state index in [1.807, 2.05) is 6.07 Å². The number of nitrogens with one attached hydrogen (secondary N) is 2. The Kier molecular flexibility index (Phi) is 6.78. The van der Waals surface area contributed by atoms with Crippen LogP contribution in [0.4, 0.5) is 11.4 Å². The van der Waals surface area contributed by atoms with Crippen molar-refractivity contribution >= 4 is 17.3 Å². The molecular weight excluding hydrogens is 322 g/mol. The van der Waals surface area contributed by atoms with Crippen molar-refractivity contribution in [2.24, 2.45) is 0 Å². The van der Waals surface area contributed by atoms with Crippen molar-refractivity contribution in [1.82, 2.24) is 4.98 Å². The summed E-state index contributed by atoms with van der Waals surface area (Å²) in [5.74, 6) is 0.543. The van der Waals surface area contributed by atoms with Crippen LogP contribution in [-0.2, 0) is 0 Å². The number of aromatic nitrogens is 1. The molecule has 0 fully saturated rings. The molecule has 0 saturated heterocycles. The van der Waals surface area contributed by atoms with Crippen molar-refractivity contribution in [1.29, 1.82) is 0 Å². The summed E-state index contributed by atoms with van der Waals surface area (Å²) in [6.45, 7) is 12.8. The van der Waals surface area contributed by atoms with Gasteiger partial charge in [0.2, 0.25) is 0 Å². The van der Waals surface area contributed by atoms with Crippen molar-refractivity contribution in [3.05, 3.63) is 53.3 Å². The number of pyridine rings is 1. The van der Waals surface area contributed by atoms with Crippen molar-refractivity contribution in [3.63, 3.8) is 0 Å². The molecule has 1 amide bonds. The Bertz CT molecular complexity index is 727. The van der Waals surface area contributed by atoms with Gasteiger partial charge in [0.1, 0.15) is 0 Å². The lowest BCUT2D eigenvalue weighted by atomic mass is 9.92. The van der Waals surface area contributed by atoms with E-state index in [4.69, 9.17) is 0 Å². The number of anilines is 2. The van der Waals surface area contributed by atoms with Crippen LogP contribution in [0.1, 0.15) is 81.3 Å². The van der Waals surface area contributed by atoms with Gasteiger partial charge in [0.15, 0.2) is 0 Å². The molecule has 0 bridgehead atoms. The highest BCUT2D eigenvalue weighted by atomic mass is 16.1. The van der Waals surface area contributed by atoms with Crippen LogP contribution in [0.5, 0.6) is 0 Å². The predicted molar refractivity (Wildman–Crippen MR) is 110 cm³/mol. The lowest BCUT2D eigenvalue weighted by Gasteiger charge is -2.20. The fraction of sp³-hybridized carbons (Fsp3) is 0.455. The van der Waals surface area contributed by atoms with Gasteiger partial charge in [0, 0.05) is 24.1 Å². The minimum atomic E-state index is -0.125. The molecule has 1 heterocycles. The first-order chi connectivity index (χ1) is 12.3. The van der Waals surface area contributed by atoms with E-state index in [0.717, 1.165) is 28.9 Å². The summed E-state index contributed by atoms with van der Waals surface area (Å²) >= 11 is 0. The third-order valence-corrected chi connectivity index (χ3v) is 4.64. The molecule has 2 N–H and O–H groups in total. The second-order valence-corrected chi connectivity index (χ2v) is 7.49. The fourth-order valence-corrected chi connectivity index (χ4v) is 2.91. The van der Waals surface area contributed by atoms with Crippen molar-refractivity contribution < 1.29 is 4.79 Å². The minimum absolute atomic E-state index is 0.125. The van der Waals surface area contributed by atoms with E-state index in [2.05, 4.69) is 75.4 Å². The first-order valence-electron chi connectivity index (χ1n) is 9.49. The molecule has 1 aromatic carbocycles. The summed E-state index contributed by atoms with van der Waals surface area (Å²) in [7, 11) is 0. The van der Waals surface area contributed by atoms with Crippen LogP contribution in [0.25, 0.3) is 0 Å². The molecule has 26 heavy (non-hydrogen) atoms. The van der Waals surface area contributed by atoms with Gasteiger partial charge < -0.3 is 10.6 Å². The number of amides is 1. The molecule has 0 aliphatic rings. The van der Waals surface area contributed by atoms with E-state index < -0.39 is 0 Å². The number of hydrogen-bond acceptors (Lipinski definition) is 3. The molecule has 0 spiro atoms. The first-order valence-corrected chi connectivity index (χ1v) is 9.49. The zero-order chi connectivity index (χ0) is 19.3. The van der Waals surface area contributed by atoms with Gasteiger partial charge in [-0.05, 0) is 42.4 Å². The highest BCUT2D eigenvalue weighted by molar-refractivity contribution is 6.05. The predicted octanol–water partition coefficient (Wildman–Crippen LogP) is 5.79. The Labute approximate surface area is 157 Å². The van der Waals surface area contributed by atoms with E-state index in [0.29, 0.717) is 23.4 Å². The summed E-state index contributed by atoms with van der Waals surface area (Å²) in [5, 5.41) is 6.51. The second kappa shape index (κ2) is 8.84. The maximum atomic E-state index is 12.9. The molecular formula is C22H31N3O. The van der Waals surface area contributed by atoms with Crippen molar-refractivity contribution in [2.45, 2.75) is 65.8 Å². The van der Waals surface area contributed by atoms with Gasteiger partial charge in [-0.25, -0.2) is 0 Å². The Morgan fingerprint density at radius 2 is 1.65 bits per heavy atom. The van der Waals surface area contributed by atoms with Crippen LogP contribution in [0, 0.1) is 0 Å². The van der Waals surface area contributed by atoms with Crippen LogP contribution in [0.3, 0.4) is 0 Å². The Morgan fingerprint density at radius 1 is 1.04 bits per heavy atom. The van der Waals surface area contributed by atoms with Crippen molar-refractivity contribution in [3.8, 4) is 0 Å². The average molecular weight is 354 g/mol. The Balaban J connectivity index is 2.32. The maximum absolute atomic E-state index is 12.9. The zero-order valence-corrected chi connectivity index (χ0v) is 16.8. The number of nitrogens with zero attached hydrogens (tertiary/aromatic N) is 1. The van der Waals surface area contributed by atoms with Crippen LogP contribution in [0.2, 0.25) is 0 Å². The standard InChI is InChI=1S/C22H31N3O/c1-7-16(6)24-18-11-17(12-23-13-18)22(26)25-21-19(14(2)3)9-8-10-20(21)15(4)5/h8-16,24H,7H2,1-6H3,(H,25,26). The fourth-order valence-electron chi connectivity index (χ4n) is 2.91. The third kappa shape index (κ3) is 4.84. The molecule has 0 aliphatic carbocycles. The smallest absolute Gasteiger partial charge is 0.257 e. The first kappa shape index (κ1) is 20.0. The van der Waals surface area contributed by atoms with Gasteiger partial charge in [-0.1, -0.05) is 52.8 Å². The molecule has 140 valence electrons. The van der Waals surface area contributed by atoms with Crippen LogP contribution in [0.15, 0.2) is 36.7 Å². The molecule has 4 heteroatoms. The SMILES string of the molecule is CCC(C)Nc1cncc(C(=O)Nc2c(C(C)C)cccc2C(C)C)c1. The molecule has 0 saturated carbocycles. The normalized spacial score (nSPS) is 12.3. The van der Waals surface area contributed by atoms with Gasteiger partial charge in [0.25, 0.3) is 5.91 Å². The Morgan fingerprint density at radius 3 is 2.19 bits per heavy atom. The second-order valence-electron chi connectivity index (χ2n) is 7.49. The van der Waals surface area contributed by atoms with Gasteiger partial charge in [0.05, 0.1) is 11.3 Å². The maximum Gasteiger partial charge on any atom is 0.257 e. The van der Waals surface area contributed by atoms with Gasteiger partial charge in [-0.15, -0.1) is 0 Å². The topological polar surface area (TPSA) is 54.0 Å². The van der Waals surface area contributed by atoms with E-state index in [1.54, 1.807) is 12.4 Å². The summed E-state index contributed by atoms with van der Waals surface area (Å²) in [6, 6.07) is 8.45. The third-order valence-electron chi connectivity index (χ3n) is 4.64. The van der Waals surface area contributed by atoms with Gasteiger partial charge >= 0.3 is 0 Å². The molecule has 2 aromatic rings.